The molecular formula is C13H12ClN3O3. The lowest BCUT2D eigenvalue weighted by atomic mass is 9.76. The number of carbonyl (C=O) groups excluding carboxylic acids is 1. The third-order valence-electron chi connectivity index (χ3n) is 3.72. The first-order chi connectivity index (χ1) is 9.41. The highest BCUT2D eigenvalue weighted by atomic mass is 35.5. The highest BCUT2D eigenvalue weighted by molar-refractivity contribution is 6.31. The Kier molecular flexibility index (Phi) is 3.64. The number of nitriles is 1. The molecule has 6 nitrogen and oxygen atoms in total. The lowest BCUT2D eigenvalue weighted by Crippen LogP contribution is -2.53. The van der Waals surface area contributed by atoms with E-state index in [-0.39, 0.29) is 16.3 Å². The summed E-state index contributed by atoms with van der Waals surface area (Å²) >= 11 is 5.72. The molecule has 0 saturated heterocycles. The van der Waals surface area contributed by atoms with Gasteiger partial charge >= 0.3 is 0 Å². The summed E-state index contributed by atoms with van der Waals surface area (Å²) in [5, 5.41) is 20.4. The predicted molar refractivity (Wildman–Crippen MR) is 72.4 cm³/mol. The van der Waals surface area contributed by atoms with E-state index in [1.165, 1.54) is 24.1 Å². The van der Waals surface area contributed by atoms with E-state index in [0.29, 0.717) is 12.8 Å². The number of nitro groups is 1. The van der Waals surface area contributed by atoms with Crippen LogP contribution < -0.4 is 0 Å². The van der Waals surface area contributed by atoms with Crippen molar-refractivity contribution in [3.63, 3.8) is 0 Å². The first kappa shape index (κ1) is 14.3. The minimum Gasteiger partial charge on any atom is -0.323 e. The second kappa shape index (κ2) is 5.10. The van der Waals surface area contributed by atoms with Crippen LogP contribution in [0.5, 0.6) is 0 Å². The van der Waals surface area contributed by atoms with Crippen molar-refractivity contribution in [1.82, 2.24) is 4.90 Å². The van der Waals surface area contributed by atoms with Gasteiger partial charge in [0.05, 0.1) is 11.0 Å². The van der Waals surface area contributed by atoms with Crippen molar-refractivity contribution in [2.24, 2.45) is 0 Å². The van der Waals surface area contributed by atoms with E-state index in [0.717, 1.165) is 12.5 Å². The Morgan fingerprint density at radius 1 is 1.55 bits per heavy atom. The molecule has 0 spiro atoms. The van der Waals surface area contributed by atoms with Crippen molar-refractivity contribution in [2.75, 3.05) is 7.05 Å². The number of hydrogen-bond acceptors (Lipinski definition) is 4. The third-order valence-corrected chi connectivity index (χ3v) is 3.96. The van der Waals surface area contributed by atoms with Gasteiger partial charge in [-0.1, -0.05) is 11.6 Å². The van der Waals surface area contributed by atoms with Crippen molar-refractivity contribution in [3.05, 3.63) is 38.9 Å². The van der Waals surface area contributed by atoms with Crippen LogP contribution in [0.4, 0.5) is 5.69 Å². The molecule has 1 aromatic rings. The van der Waals surface area contributed by atoms with Crippen molar-refractivity contribution in [2.45, 2.75) is 24.8 Å². The Bertz CT molecular complexity index is 620. The molecule has 1 aliphatic carbocycles. The molecule has 0 aliphatic heterocycles. The van der Waals surface area contributed by atoms with Crippen LogP contribution in [0.15, 0.2) is 18.2 Å². The summed E-state index contributed by atoms with van der Waals surface area (Å²) in [5.41, 5.74) is -1.24. The molecule has 1 aromatic carbocycles. The molecule has 0 aromatic heterocycles. The average Bonchev–Trinajstić information content (AvgIpc) is 2.37. The number of nitrogens with zero attached hydrogens (tertiary/aromatic N) is 3. The fraction of sp³-hybridized carbons (Fsp3) is 0.385. The van der Waals surface area contributed by atoms with Crippen LogP contribution in [0.2, 0.25) is 5.02 Å². The summed E-state index contributed by atoms with van der Waals surface area (Å²) in [6, 6.07) is 6.02. The quantitative estimate of drug-likeness (QED) is 0.633. The summed E-state index contributed by atoms with van der Waals surface area (Å²) in [6.45, 7) is 0. The highest BCUT2D eigenvalue weighted by Crippen LogP contribution is 2.37. The predicted octanol–water partition coefficient (Wildman–Crippen LogP) is 2.77. The van der Waals surface area contributed by atoms with Crippen molar-refractivity contribution >= 4 is 23.2 Å². The number of amides is 1. The standard InChI is InChI=1S/C13H12ClN3O3/c1-16(13(8-15)5-2-6-13)12(18)10-4-3-9(14)7-11(10)17(19)20/h3-4,7H,2,5-6H2,1H3. The normalized spacial score (nSPS) is 15.8. The molecule has 0 atom stereocenters. The second-order valence-electron chi connectivity index (χ2n) is 4.78. The van der Waals surface area contributed by atoms with Crippen LogP contribution in [-0.4, -0.2) is 28.3 Å². The molecule has 1 saturated carbocycles. The maximum absolute atomic E-state index is 12.4. The molecule has 20 heavy (non-hydrogen) atoms. The van der Waals surface area contributed by atoms with E-state index >= 15 is 0 Å². The molecule has 2 rings (SSSR count). The number of benzene rings is 1. The Labute approximate surface area is 120 Å². The third kappa shape index (κ3) is 2.21. The van der Waals surface area contributed by atoms with Crippen LogP contribution in [0.1, 0.15) is 29.6 Å². The SMILES string of the molecule is CN(C(=O)c1ccc(Cl)cc1[N+](=O)[O-])C1(C#N)CCC1. The van der Waals surface area contributed by atoms with Crippen LogP contribution in [0.3, 0.4) is 0 Å². The molecule has 0 unspecified atom stereocenters. The van der Waals surface area contributed by atoms with Gasteiger partial charge in [0.15, 0.2) is 0 Å². The Morgan fingerprint density at radius 3 is 2.65 bits per heavy atom. The van der Waals surface area contributed by atoms with Gasteiger partial charge in [-0.15, -0.1) is 0 Å². The molecule has 0 radical (unpaired) electrons. The van der Waals surface area contributed by atoms with Gasteiger partial charge in [0.25, 0.3) is 11.6 Å². The lowest BCUT2D eigenvalue weighted by molar-refractivity contribution is -0.385. The van der Waals surface area contributed by atoms with Crippen LogP contribution >= 0.6 is 11.6 Å². The van der Waals surface area contributed by atoms with E-state index in [4.69, 9.17) is 11.6 Å². The Morgan fingerprint density at radius 2 is 2.20 bits per heavy atom. The minimum atomic E-state index is -0.843. The molecule has 1 amide bonds. The molecule has 1 aliphatic rings. The largest absolute Gasteiger partial charge is 0.323 e. The summed E-state index contributed by atoms with van der Waals surface area (Å²) in [4.78, 5) is 24.1. The molecule has 0 heterocycles. The van der Waals surface area contributed by atoms with Gasteiger partial charge < -0.3 is 4.90 Å². The molecular weight excluding hydrogens is 282 g/mol. The van der Waals surface area contributed by atoms with Gasteiger partial charge in [-0.3, -0.25) is 14.9 Å². The number of halogens is 1. The van der Waals surface area contributed by atoms with E-state index in [2.05, 4.69) is 6.07 Å². The monoisotopic (exact) mass is 293 g/mol. The van der Waals surface area contributed by atoms with Crippen LogP contribution in [0, 0.1) is 21.4 Å². The summed E-state index contributed by atoms with van der Waals surface area (Å²) in [7, 11) is 1.50. The van der Waals surface area contributed by atoms with E-state index in [9.17, 15) is 20.2 Å². The van der Waals surface area contributed by atoms with Crippen LogP contribution in [-0.2, 0) is 0 Å². The van der Waals surface area contributed by atoms with E-state index < -0.39 is 16.4 Å². The zero-order valence-corrected chi connectivity index (χ0v) is 11.6. The smallest absolute Gasteiger partial charge is 0.283 e. The summed E-state index contributed by atoms with van der Waals surface area (Å²) in [6.07, 6.45) is 2.05. The van der Waals surface area contributed by atoms with Crippen molar-refractivity contribution in [1.29, 1.82) is 5.26 Å². The van der Waals surface area contributed by atoms with Crippen molar-refractivity contribution in [3.8, 4) is 6.07 Å². The Hall–Kier alpha value is -2.13. The van der Waals surface area contributed by atoms with Crippen molar-refractivity contribution < 1.29 is 9.72 Å². The molecule has 104 valence electrons. The van der Waals surface area contributed by atoms with Crippen LogP contribution in [0.25, 0.3) is 0 Å². The highest BCUT2D eigenvalue weighted by Gasteiger charge is 2.44. The Balaban J connectivity index is 2.39. The second-order valence-corrected chi connectivity index (χ2v) is 5.22. The minimum absolute atomic E-state index is 0.0524. The van der Waals surface area contributed by atoms with Gasteiger partial charge in [-0.2, -0.15) is 5.26 Å². The number of rotatable bonds is 3. The van der Waals surface area contributed by atoms with Gasteiger partial charge in [0.1, 0.15) is 11.1 Å². The first-order valence-corrected chi connectivity index (χ1v) is 6.42. The fourth-order valence-corrected chi connectivity index (χ4v) is 2.41. The van der Waals surface area contributed by atoms with Gasteiger partial charge in [0, 0.05) is 18.1 Å². The van der Waals surface area contributed by atoms with Gasteiger partial charge in [0.2, 0.25) is 0 Å². The van der Waals surface area contributed by atoms with Gasteiger partial charge in [-0.25, -0.2) is 0 Å². The number of hydrogen-bond donors (Lipinski definition) is 0. The maximum Gasteiger partial charge on any atom is 0.283 e. The fourth-order valence-electron chi connectivity index (χ4n) is 2.25. The van der Waals surface area contributed by atoms with Gasteiger partial charge in [-0.05, 0) is 31.4 Å². The number of carbonyl (C=O) groups is 1. The zero-order chi connectivity index (χ0) is 14.9. The molecule has 1 fully saturated rings. The molecule has 7 heteroatoms. The lowest BCUT2D eigenvalue weighted by Gasteiger charge is -2.42. The zero-order valence-electron chi connectivity index (χ0n) is 10.8. The number of nitro benzene ring substituents is 1. The summed E-state index contributed by atoms with van der Waals surface area (Å²) in [5.74, 6) is -0.533. The average molecular weight is 294 g/mol. The molecule has 0 bridgehead atoms. The first-order valence-electron chi connectivity index (χ1n) is 6.05. The van der Waals surface area contributed by atoms with E-state index in [1.807, 2.05) is 0 Å². The maximum atomic E-state index is 12.4. The summed E-state index contributed by atoms with van der Waals surface area (Å²) < 4.78 is 0. The topological polar surface area (TPSA) is 87.2 Å². The van der Waals surface area contributed by atoms with E-state index in [1.54, 1.807) is 0 Å². The molecule has 0 N–H and O–H groups in total.